The van der Waals surface area contributed by atoms with Crippen LogP contribution in [0.3, 0.4) is 0 Å². The molecule has 0 bridgehead atoms. The number of fused-ring (bicyclic) bond motifs is 1. The molecule has 3 aliphatic heterocycles. The summed E-state index contributed by atoms with van der Waals surface area (Å²) in [4.78, 5) is 45.5. The molecule has 0 spiro atoms. The number of thioether (sulfide) groups is 1. The first-order chi connectivity index (χ1) is 18.5. The Kier molecular flexibility index (Phi) is 7.54. The van der Waals surface area contributed by atoms with Gasteiger partial charge in [0.25, 0.3) is 0 Å². The molecule has 0 saturated carbocycles. The number of aliphatic imine (C=N–C) groups is 1. The standard InChI is InChI=1S/C28H28Cl2N4O4S/c1-14(2)21-22(26(37)38-25(36)20-19(24(31)35)12-13-32-20)39-27-33-28(3,16-6-10-18(30)11-7-16)23(34(21)27)15-4-8-17(29)9-5-15/h4-11,14,19-20,23,32H,12-13H2,1-3H3,(H2,31,35)/t19-,20-,23+,28-/m0/s1. The number of carbonyl (C=O) groups excluding carboxylic acids is 3. The average Bonchev–Trinajstić information content (AvgIpc) is 3.58. The van der Waals surface area contributed by atoms with Crippen LogP contribution in [0.15, 0.2) is 64.1 Å². The van der Waals surface area contributed by atoms with E-state index in [4.69, 9.17) is 38.7 Å². The van der Waals surface area contributed by atoms with Crippen molar-refractivity contribution in [3.05, 3.63) is 80.3 Å². The highest BCUT2D eigenvalue weighted by Crippen LogP contribution is 2.56. The molecular weight excluding hydrogens is 559 g/mol. The number of ether oxygens (including phenoxy) is 1. The third kappa shape index (κ3) is 4.97. The number of amides is 1. The second-order valence-corrected chi connectivity index (χ2v) is 12.1. The van der Waals surface area contributed by atoms with Crippen LogP contribution in [-0.4, -0.2) is 40.5 Å². The van der Waals surface area contributed by atoms with Gasteiger partial charge in [-0.2, -0.15) is 0 Å². The Labute approximate surface area is 240 Å². The molecule has 0 unspecified atom stereocenters. The number of primary amides is 1. The Balaban J connectivity index is 1.53. The summed E-state index contributed by atoms with van der Waals surface area (Å²) in [6.07, 6.45) is 0.411. The summed E-state index contributed by atoms with van der Waals surface area (Å²) in [6, 6.07) is 13.9. The van der Waals surface area contributed by atoms with Crippen LogP contribution < -0.4 is 11.1 Å². The maximum atomic E-state index is 13.4. The van der Waals surface area contributed by atoms with Crippen LogP contribution in [0.2, 0.25) is 10.0 Å². The van der Waals surface area contributed by atoms with Crippen LogP contribution in [0.5, 0.6) is 0 Å². The Morgan fingerprint density at radius 3 is 2.31 bits per heavy atom. The Morgan fingerprint density at radius 2 is 1.72 bits per heavy atom. The van der Waals surface area contributed by atoms with Crippen LogP contribution in [0.1, 0.15) is 44.4 Å². The molecule has 1 amide bonds. The van der Waals surface area contributed by atoms with Crippen LogP contribution >= 0.6 is 35.0 Å². The molecule has 0 aliphatic carbocycles. The summed E-state index contributed by atoms with van der Waals surface area (Å²) in [7, 11) is 0. The van der Waals surface area contributed by atoms with E-state index >= 15 is 0 Å². The summed E-state index contributed by atoms with van der Waals surface area (Å²) in [6.45, 7) is 6.45. The lowest BCUT2D eigenvalue weighted by Gasteiger charge is -2.37. The summed E-state index contributed by atoms with van der Waals surface area (Å²) in [5.41, 5.74) is 7.35. The molecule has 8 nitrogen and oxygen atoms in total. The maximum absolute atomic E-state index is 13.4. The van der Waals surface area contributed by atoms with Gasteiger partial charge in [0.05, 0.1) is 12.0 Å². The van der Waals surface area contributed by atoms with E-state index < -0.39 is 35.3 Å². The van der Waals surface area contributed by atoms with Crippen molar-refractivity contribution in [2.24, 2.45) is 22.6 Å². The molecule has 1 fully saturated rings. The minimum absolute atomic E-state index is 0.104. The van der Waals surface area contributed by atoms with Gasteiger partial charge in [0, 0.05) is 15.7 Å². The van der Waals surface area contributed by atoms with Crippen LogP contribution in [0, 0.1) is 11.8 Å². The fourth-order valence-corrected chi connectivity index (χ4v) is 7.05. The van der Waals surface area contributed by atoms with E-state index in [1.54, 1.807) is 0 Å². The minimum Gasteiger partial charge on any atom is -0.388 e. The zero-order valence-corrected chi connectivity index (χ0v) is 23.9. The van der Waals surface area contributed by atoms with Crippen molar-refractivity contribution in [3.8, 4) is 0 Å². The predicted octanol–water partition coefficient (Wildman–Crippen LogP) is 4.77. The molecule has 0 aromatic heterocycles. The number of carbonyl (C=O) groups is 3. The molecule has 3 aliphatic rings. The molecule has 11 heteroatoms. The number of benzene rings is 2. The first-order valence-electron chi connectivity index (χ1n) is 12.6. The predicted molar refractivity (Wildman–Crippen MR) is 152 cm³/mol. The first kappa shape index (κ1) is 27.7. The third-order valence-electron chi connectivity index (χ3n) is 7.39. The van der Waals surface area contributed by atoms with Gasteiger partial charge in [0.1, 0.15) is 16.5 Å². The number of amidine groups is 1. The zero-order chi connectivity index (χ0) is 28.1. The van der Waals surface area contributed by atoms with Crippen LogP contribution in [0.4, 0.5) is 0 Å². The van der Waals surface area contributed by atoms with E-state index in [1.807, 2.05) is 62.4 Å². The zero-order valence-electron chi connectivity index (χ0n) is 21.6. The molecule has 1 saturated heterocycles. The van der Waals surface area contributed by atoms with Crippen LogP contribution in [-0.2, 0) is 24.7 Å². The fourth-order valence-electron chi connectivity index (χ4n) is 5.52. The fraction of sp³-hybridized carbons (Fsp3) is 0.357. The SMILES string of the molecule is CC(C)C1=C(C(=O)OC(=O)[C@H]2NCC[C@@H]2C(N)=O)SC2=N[C@@](C)(c3ccc(Cl)cc3)[C@@H](c3ccc(Cl)cc3)N21. The number of esters is 2. The van der Waals surface area contributed by atoms with Gasteiger partial charge in [-0.25, -0.2) is 14.6 Å². The van der Waals surface area contributed by atoms with E-state index in [-0.39, 0.29) is 12.0 Å². The normalized spacial score (nSPS) is 26.2. The largest absolute Gasteiger partial charge is 0.388 e. The number of allylic oxidation sites excluding steroid dienone is 1. The molecule has 0 radical (unpaired) electrons. The second-order valence-electron chi connectivity index (χ2n) is 10.3. The number of halogens is 2. The van der Waals surface area contributed by atoms with Gasteiger partial charge in [-0.3, -0.25) is 4.79 Å². The smallest absolute Gasteiger partial charge is 0.354 e. The first-order valence-corrected chi connectivity index (χ1v) is 14.2. The number of nitrogens with two attached hydrogens (primary N) is 1. The lowest BCUT2D eigenvalue weighted by molar-refractivity contribution is -0.159. The molecule has 3 heterocycles. The van der Waals surface area contributed by atoms with E-state index in [9.17, 15) is 14.4 Å². The van der Waals surface area contributed by atoms with Gasteiger partial charge >= 0.3 is 11.9 Å². The summed E-state index contributed by atoms with van der Waals surface area (Å²) in [5, 5.41) is 4.78. The molecule has 2 aromatic rings. The summed E-state index contributed by atoms with van der Waals surface area (Å²) >= 11 is 13.6. The maximum Gasteiger partial charge on any atom is 0.354 e. The van der Waals surface area contributed by atoms with E-state index in [1.165, 1.54) is 11.8 Å². The van der Waals surface area contributed by atoms with Crippen molar-refractivity contribution in [1.82, 2.24) is 10.2 Å². The number of hydrogen-bond donors (Lipinski definition) is 2. The van der Waals surface area contributed by atoms with Crippen molar-refractivity contribution in [2.45, 2.75) is 44.8 Å². The lowest BCUT2D eigenvalue weighted by Crippen LogP contribution is -2.43. The molecule has 204 valence electrons. The topological polar surface area (TPSA) is 114 Å². The Morgan fingerprint density at radius 1 is 1.10 bits per heavy atom. The minimum atomic E-state index is -0.951. The monoisotopic (exact) mass is 586 g/mol. The van der Waals surface area contributed by atoms with E-state index in [2.05, 4.69) is 17.1 Å². The number of hydrogen-bond acceptors (Lipinski definition) is 8. The highest BCUT2D eigenvalue weighted by molar-refractivity contribution is 8.18. The average molecular weight is 588 g/mol. The molecular formula is C28H28Cl2N4O4S. The van der Waals surface area contributed by atoms with Gasteiger partial charge in [0.2, 0.25) is 5.91 Å². The van der Waals surface area contributed by atoms with Crippen molar-refractivity contribution in [1.29, 1.82) is 0 Å². The van der Waals surface area contributed by atoms with Gasteiger partial charge in [-0.1, -0.05) is 61.3 Å². The number of nitrogens with one attached hydrogen (secondary N) is 1. The van der Waals surface area contributed by atoms with Gasteiger partial charge in [-0.15, -0.1) is 0 Å². The quantitative estimate of drug-likeness (QED) is 0.370. The van der Waals surface area contributed by atoms with Gasteiger partial charge in [-0.05, 0) is 73.0 Å². The third-order valence-corrected chi connectivity index (χ3v) is 8.95. The van der Waals surface area contributed by atoms with E-state index in [0.717, 1.165) is 11.1 Å². The van der Waals surface area contributed by atoms with Gasteiger partial charge in [0.15, 0.2) is 5.17 Å². The molecule has 3 N–H and O–H groups in total. The number of nitrogens with zero attached hydrogens (tertiary/aromatic N) is 2. The molecule has 39 heavy (non-hydrogen) atoms. The Hall–Kier alpha value is -2.85. The van der Waals surface area contributed by atoms with Crippen molar-refractivity contribution < 1.29 is 19.1 Å². The molecule has 4 atom stereocenters. The summed E-state index contributed by atoms with van der Waals surface area (Å²) < 4.78 is 5.31. The Bertz CT molecular complexity index is 1390. The van der Waals surface area contributed by atoms with Crippen molar-refractivity contribution >= 4 is 58.0 Å². The summed E-state index contributed by atoms with van der Waals surface area (Å²) in [5.74, 6) is -3.01. The molecule has 2 aromatic carbocycles. The van der Waals surface area contributed by atoms with Gasteiger partial charge < -0.3 is 20.7 Å². The van der Waals surface area contributed by atoms with E-state index in [0.29, 0.717) is 38.8 Å². The highest BCUT2D eigenvalue weighted by atomic mass is 35.5. The number of rotatable bonds is 6. The lowest BCUT2D eigenvalue weighted by atomic mass is 9.81. The van der Waals surface area contributed by atoms with Crippen LogP contribution in [0.25, 0.3) is 0 Å². The van der Waals surface area contributed by atoms with Crippen molar-refractivity contribution in [2.75, 3.05) is 6.54 Å². The second kappa shape index (κ2) is 10.6. The molecule has 5 rings (SSSR count). The highest BCUT2D eigenvalue weighted by Gasteiger charge is 2.53. The van der Waals surface area contributed by atoms with Crippen molar-refractivity contribution in [3.63, 3.8) is 0 Å².